The number of hydrogen-bond acceptors (Lipinski definition) is 1. The van der Waals surface area contributed by atoms with Crippen molar-refractivity contribution in [2.24, 2.45) is 0 Å². The van der Waals surface area contributed by atoms with Crippen molar-refractivity contribution in [2.45, 2.75) is 26.2 Å². The molecule has 0 aliphatic heterocycles. The van der Waals surface area contributed by atoms with E-state index in [-0.39, 0.29) is 5.41 Å². The Kier molecular flexibility index (Phi) is 6.29. The monoisotopic (exact) mass is 676 g/mol. The zero-order valence-corrected chi connectivity index (χ0v) is 30.0. The van der Waals surface area contributed by atoms with Gasteiger partial charge in [-0.2, -0.15) is 0 Å². The molecule has 1 nitrogen and oxygen atoms in total. The van der Waals surface area contributed by atoms with E-state index in [4.69, 9.17) is 4.42 Å². The molecule has 0 saturated heterocycles. The van der Waals surface area contributed by atoms with Crippen molar-refractivity contribution in [3.63, 3.8) is 0 Å². The first-order chi connectivity index (χ1) is 25.9. The maximum atomic E-state index is 6.61. The first kappa shape index (κ1) is 30.2. The molecule has 0 radical (unpaired) electrons. The normalized spacial score (nSPS) is 13.3. The van der Waals surface area contributed by atoms with Crippen LogP contribution in [0.2, 0.25) is 0 Å². The lowest BCUT2D eigenvalue weighted by Gasteiger charge is -2.23. The molecule has 1 heterocycles. The van der Waals surface area contributed by atoms with E-state index in [9.17, 15) is 0 Å². The number of benzene rings is 9. The molecule has 11 rings (SSSR count). The van der Waals surface area contributed by atoms with Gasteiger partial charge in [0.2, 0.25) is 0 Å². The van der Waals surface area contributed by atoms with Crippen molar-refractivity contribution in [2.75, 3.05) is 0 Å². The molecule has 0 fully saturated rings. The largest absolute Gasteiger partial charge is 0.455 e. The summed E-state index contributed by atoms with van der Waals surface area (Å²) in [5.41, 5.74) is 15.7. The smallest absolute Gasteiger partial charge is 0.143 e. The minimum Gasteiger partial charge on any atom is -0.455 e. The summed E-state index contributed by atoms with van der Waals surface area (Å²) in [5.74, 6) is 0. The predicted molar refractivity (Wildman–Crippen MR) is 225 cm³/mol. The number of aryl methyl sites for hydroxylation is 1. The highest BCUT2D eigenvalue weighted by molar-refractivity contribution is 6.23. The van der Waals surface area contributed by atoms with Gasteiger partial charge in [0, 0.05) is 21.8 Å². The van der Waals surface area contributed by atoms with Crippen molar-refractivity contribution in [3.8, 4) is 44.5 Å². The van der Waals surface area contributed by atoms with Crippen LogP contribution in [0, 0.1) is 6.92 Å². The molecule has 0 atom stereocenters. The van der Waals surface area contributed by atoms with Crippen LogP contribution in [0.15, 0.2) is 168 Å². The van der Waals surface area contributed by atoms with Gasteiger partial charge in [0.1, 0.15) is 11.2 Å². The van der Waals surface area contributed by atoms with Gasteiger partial charge >= 0.3 is 0 Å². The molecule has 250 valence electrons. The Hall–Kier alpha value is -6.44. The molecule has 1 aliphatic carbocycles. The summed E-state index contributed by atoms with van der Waals surface area (Å²) in [7, 11) is 0. The summed E-state index contributed by atoms with van der Waals surface area (Å²) >= 11 is 0. The number of furan rings is 1. The topological polar surface area (TPSA) is 13.1 Å². The summed E-state index contributed by atoms with van der Waals surface area (Å²) in [4.78, 5) is 0. The highest BCUT2D eigenvalue weighted by atomic mass is 16.3. The van der Waals surface area contributed by atoms with Gasteiger partial charge in [-0.05, 0) is 126 Å². The van der Waals surface area contributed by atoms with Crippen LogP contribution >= 0.6 is 0 Å². The fourth-order valence-corrected chi connectivity index (χ4v) is 9.25. The highest BCUT2D eigenvalue weighted by Gasteiger charge is 2.36. The lowest BCUT2D eigenvalue weighted by molar-refractivity contribution is 0.661. The van der Waals surface area contributed by atoms with Gasteiger partial charge < -0.3 is 4.42 Å². The molecule has 0 saturated carbocycles. The molecular weight excluding hydrogens is 641 g/mol. The van der Waals surface area contributed by atoms with Crippen molar-refractivity contribution < 1.29 is 4.42 Å². The Balaban J connectivity index is 1.18. The summed E-state index contributed by atoms with van der Waals surface area (Å²) in [6.45, 7) is 6.91. The summed E-state index contributed by atoms with van der Waals surface area (Å²) in [5, 5.41) is 9.88. The molecule has 53 heavy (non-hydrogen) atoms. The maximum Gasteiger partial charge on any atom is 0.143 e. The van der Waals surface area contributed by atoms with E-state index in [1.807, 2.05) is 0 Å². The molecule has 10 aromatic rings. The predicted octanol–water partition coefficient (Wildman–Crippen LogP) is 14.7. The fourth-order valence-electron chi connectivity index (χ4n) is 9.25. The molecule has 0 amide bonds. The van der Waals surface area contributed by atoms with E-state index in [1.165, 1.54) is 82.4 Å². The van der Waals surface area contributed by atoms with E-state index >= 15 is 0 Å². The number of para-hydroxylation sites is 1. The minimum atomic E-state index is -0.120. The third-order valence-corrected chi connectivity index (χ3v) is 11.9. The third kappa shape index (κ3) is 4.38. The Morgan fingerprint density at radius 3 is 1.62 bits per heavy atom. The average Bonchev–Trinajstić information content (AvgIpc) is 3.67. The first-order valence-electron chi connectivity index (χ1n) is 18.6. The van der Waals surface area contributed by atoms with Crippen LogP contribution in [0.25, 0.3) is 98.8 Å². The van der Waals surface area contributed by atoms with Gasteiger partial charge in [-0.1, -0.05) is 147 Å². The van der Waals surface area contributed by atoms with Crippen LogP contribution in [0.4, 0.5) is 0 Å². The van der Waals surface area contributed by atoms with Crippen LogP contribution < -0.4 is 0 Å². The van der Waals surface area contributed by atoms with Gasteiger partial charge in [0.05, 0.1) is 0 Å². The standard InChI is InChI=1S/C52H36O/c1-31-20-22-32(23-21-31)43-27-36(28-45-38-14-10-11-19-48(38)53-51(43)45)50-41-17-8-6-15-39(41)49(40-16-7-9-18-42(40)50)35-24-25-37-44-26-33-12-4-5-13-34(33)29-47(44)52(2,3)46(37)30-35/h4-30H,1-3H3. The van der Waals surface area contributed by atoms with E-state index < -0.39 is 0 Å². The average molecular weight is 677 g/mol. The zero-order valence-electron chi connectivity index (χ0n) is 30.0. The molecule has 0 bridgehead atoms. The summed E-state index contributed by atoms with van der Waals surface area (Å²) < 4.78 is 6.61. The second-order valence-electron chi connectivity index (χ2n) is 15.3. The van der Waals surface area contributed by atoms with E-state index in [2.05, 4.69) is 185 Å². The van der Waals surface area contributed by atoms with Crippen LogP contribution in [0.1, 0.15) is 30.5 Å². The van der Waals surface area contributed by atoms with E-state index in [1.54, 1.807) is 0 Å². The van der Waals surface area contributed by atoms with Crippen LogP contribution in [0.3, 0.4) is 0 Å². The molecule has 1 aliphatic rings. The maximum absolute atomic E-state index is 6.61. The fraction of sp³-hybridized carbons (Fsp3) is 0.0769. The van der Waals surface area contributed by atoms with Gasteiger partial charge in [0.15, 0.2) is 0 Å². The van der Waals surface area contributed by atoms with Crippen molar-refractivity contribution in [1.82, 2.24) is 0 Å². The number of rotatable bonds is 3. The Morgan fingerprint density at radius 1 is 0.396 bits per heavy atom. The molecular formula is C52H36O. The molecule has 0 unspecified atom stereocenters. The molecule has 0 N–H and O–H groups in total. The number of fused-ring (bicyclic) bond motifs is 9. The minimum absolute atomic E-state index is 0.120. The molecule has 1 aromatic heterocycles. The Labute approximate surface area is 308 Å². The van der Waals surface area contributed by atoms with Gasteiger partial charge in [-0.15, -0.1) is 0 Å². The SMILES string of the molecule is Cc1ccc(-c2cc(-c3c4ccccc4c(-c4ccc5c(c4)C(C)(C)c4cc6ccccc6cc4-5)c4ccccc34)cc3c2oc2ccccc23)cc1. The first-order valence-corrected chi connectivity index (χ1v) is 18.6. The molecule has 1 heteroatoms. The second-order valence-corrected chi connectivity index (χ2v) is 15.3. The van der Waals surface area contributed by atoms with Crippen LogP contribution in [-0.2, 0) is 5.41 Å². The van der Waals surface area contributed by atoms with Crippen molar-refractivity contribution in [1.29, 1.82) is 0 Å². The van der Waals surface area contributed by atoms with Crippen LogP contribution in [-0.4, -0.2) is 0 Å². The van der Waals surface area contributed by atoms with Crippen LogP contribution in [0.5, 0.6) is 0 Å². The van der Waals surface area contributed by atoms with E-state index in [0.717, 1.165) is 33.1 Å². The van der Waals surface area contributed by atoms with Gasteiger partial charge in [-0.25, -0.2) is 0 Å². The summed E-state index contributed by atoms with van der Waals surface area (Å²) in [6, 6.07) is 60.7. The van der Waals surface area contributed by atoms with Gasteiger partial charge in [-0.3, -0.25) is 0 Å². The Bertz CT molecular complexity index is 3080. The molecule has 0 spiro atoms. The molecule has 9 aromatic carbocycles. The quantitative estimate of drug-likeness (QED) is 0.170. The highest BCUT2D eigenvalue weighted by Crippen LogP contribution is 2.52. The second kappa shape index (κ2) is 11.0. The van der Waals surface area contributed by atoms with E-state index in [0.29, 0.717) is 0 Å². The number of hydrogen-bond donors (Lipinski definition) is 0. The Morgan fingerprint density at radius 2 is 0.943 bits per heavy atom. The van der Waals surface area contributed by atoms with Crippen molar-refractivity contribution >= 4 is 54.3 Å². The van der Waals surface area contributed by atoms with Crippen molar-refractivity contribution in [3.05, 3.63) is 180 Å². The zero-order chi connectivity index (χ0) is 35.4. The summed E-state index contributed by atoms with van der Waals surface area (Å²) in [6.07, 6.45) is 0. The lowest BCUT2D eigenvalue weighted by Crippen LogP contribution is -2.15. The van der Waals surface area contributed by atoms with Gasteiger partial charge in [0.25, 0.3) is 0 Å². The lowest BCUT2D eigenvalue weighted by atomic mass is 9.80. The third-order valence-electron chi connectivity index (χ3n) is 11.9.